The summed E-state index contributed by atoms with van der Waals surface area (Å²) in [5.74, 6) is 0. The third kappa shape index (κ3) is 3.82. The van der Waals surface area contributed by atoms with Crippen LogP contribution in [0.5, 0.6) is 0 Å². The summed E-state index contributed by atoms with van der Waals surface area (Å²) in [5.41, 5.74) is 4.77. The van der Waals surface area contributed by atoms with Gasteiger partial charge in [-0.1, -0.05) is 42.0 Å². The molecule has 2 aromatic heterocycles. The topological polar surface area (TPSA) is 29.0 Å². The van der Waals surface area contributed by atoms with Gasteiger partial charge >= 0.3 is 0 Å². The van der Waals surface area contributed by atoms with Gasteiger partial charge in [-0.15, -0.1) is 0 Å². The van der Waals surface area contributed by atoms with Crippen LogP contribution in [0, 0.1) is 6.92 Å². The number of aromatic nitrogens is 2. The molecule has 0 amide bonds. The molecule has 0 spiro atoms. The van der Waals surface area contributed by atoms with Crippen LogP contribution in [0.15, 0.2) is 73.2 Å². The van der Waals surface area contributed by atoms with E-state index in [0.717, 1.165) is 12.2 Å². The Morgan fingerprint density at radius 1 is 0.957 bits per heavy atom. The van der Waals surface area contributed by atoms with Crippen molar-refractivity contribution in [1.29, 1.82) is 0 Å². The Bertz CT molecular complexity index is 724. The molecular weight excluding hydrogens is 282 g/mol. The smallest absolute Gasteiger partial charge is 0.0776 e. The first-order chi connectivity index (χ1) is 11.2. The van der Waals surface area contributed by atoms with Gasteiger partial charge in [0.1, 0.15) is 0 Å². The van der Waals surface area contributed by atoms with E-state index >= 15 is 0 Å². The maximum Gasteiger partial charge on any atom is 0.0776 e. The van der Waals surface area contributed by atoms with Crippen molar-refractivity contribution < 1.29 is 0 Å². The number of hydrogen-bond acceptors (Lipinski definition) is 3. The number of pyridine rings is 2. The lowest BCUT2D eigenvalue weighted by Gasteiger charge is -2.28. The summed E-state index contributed by atoms with van der Waals surface area (Å²) in [6.45, 7) is 2.93. The Kier molecular flexibility index (Phi) is 4.79. The van der Waals surface area contributed by atoms with Crippen LogP contribution >= 0.6 is 0 Å². The molecule has 3 rings (SSSR count). The highest BCUT2D eigenvalue weighted by Gasteiger charge is 2.20. The predicted octanol–water partition coefficient (Wildman–Crippen LogP) is 4.01. The van der Waals surface area contributed by atoms with E-state index in [1.54, 1.807) is 6.20 Å². The Labute approximate surface area is 137 Å². The molecule has 3 nitrogen and oxygen atoms in total. The van der Waals surface area contributed by atoms with Crippen molar-refractivity contribution in [3.05, 3.63) is 95.6 Å². The molecule has 0 fully saturated rings. The second kappa shape index (κ2) is 7.16. The maximum absolute atomic E-state index is 4.58. The predicted molar refractivity (Wildman–Crippen MR) is 93.0 cm³/mol. The monoisotopic (exact) mass is 303 g/mol. The van der Waals surface area contributed by atoms with Crippen molar-refractivity contribution in [3.63, 3.8) is 0 Å². The van der Waals surface area contributed by atoms with Crippen molar-refractivity contribution in [3.8, 4) is 0 Å². The fourth-order valence-electron chi connectivity index (χ4n) is 2.81. The van der Waals surface area contributed by atoms with Crippen LogP contribution in [-0.2, 0) is 6.54 Å². The molecule has 0 radical (unpaired) electrons. The van der Waals surface area contributed by atoms with Crippen LogP contribution in [0.1, 0.15) is 28.4 Å². The summed E-state index contributed by atoms with van der Waals surface area (Å²) in [6.07, 6.45) is 5.58. The van der Waals surface area contributed by atoms with E-state index in [-0.39, 0.29) is 6.04 Å². The molecule has 23 heavy (non-hydrogen) atoms. The van der Waals surface area contributed by atoms with Crippen molar-refractivity contribution in [2.75, 3.05) is 7.05 Å². The van der Waals surface area contributed by atoms with E-state index in [2.05, 4.69) is 65.2 Å². The van der Waals surface area contributed by atoms with Crippen LogP contribution in [0.3, 0.4) is 0 Å². The van der Waals surface area contributed by atoms with Gasteiger partial charge in [0, 0.05) is 25.1 Å². The molecule has 0 aliphatic rings. The minimum atomic E-state index is 0.122. The highest BCUT2D eigenvalue weighted by molar-refractivity contribution is 5.30. The molecule has 0 bridgehead atoms. The Hall–Kier alpha value is -2.52. The summed E-state index contributed by atoms with van der Waals surface area (Å²) in [4.78, 5) is 11.1. The minimum absolute atomic E-state index is 0.122. The molecule has 0 N–H and O–H groups in total. The third-order valence-electron chi connectivity index (χ3n) is 3.96. The lowest BCUT2D eigenvalue weighted by atomic mass is 10.00. The summed E-state index contributed by atoms with van der Waals surface area (Å²) in [6, 6.07) is 19.0. The Morgan fingerprint density at radius 3 is 2.43 bits per heavy atom. The van der Waals surface area contributed by atoms with E-state index in [1.165, 1.54) is 16.7 Å². The zero-order valence-electron chi connectivity index (χ0n) is 13.6. The van der Waals surface area contributed by atoms with E-state index in [4.69, 9.17) is 0 Å². The minimum Gasteiger partial charge on any atom is -0.290 e. The molecule has 2 heterocycles. The first-order valence-corrected chi connectivity index (χ1v) is 7.80. The summed E-state index contributed by atoms with van der Waals surface area (Å²) in [7, 11) is 2.13. The average Bonchev–Trinajstić information content (AvgIpc) is 2.59. The van der Waals surface area contributed by atoms with Crippen molar-refractivity contribution in [1.82, 2.24) is 14.9 Å². The zero-order valence-corrected chi connectivity index (χ0v) is 13.6. The van der Waals surface area contributed by atoms with Crippen LogP contribution in [0.25, 0.3) is 0 Å². The Morgan fingerprint density at radius 2 is 1.78 bits per heavy atom. The van der Waals surface area contributed by atoms with Gasteiger partial charge in [-0.2, -0.15) is 0 Å². The van der Waals surface area contributed by atoms with Gasteiger partial charge in [0.05, 0.1) is 11.7 Å². The lowest BCUT2D eigenvalue weighted by molar-refractivity contribution is 0.266. The van der Waals surface area contributed by atoms with Gasteiger partial charge in [-0.05, 0) is 43.3 Å². The lowest BCUT2D eigenvalue weighted by Crippen LogP contribution is -2.26. The number of nitrogens with zero attached hydrogens (tertiary/aromatic N) is 3. The van der Waals surface area contributed by atoms with E-state index < -0.39 is 0 Å². The molecule has 0 aliphatic carbocycles. The number of aryl methyl sites for hydroxylation is 1. The molecule has 0 saturated carbocycles. The molecule has 0 aliphatic heterocycles. The standard InChI is InChI=1S/C20H21N3/c1-16-8-10-18(11-9-16)20(19-7-3-4-13-22-19)23(2)15-17-6-5-12-21-14-17/h3-14,20H,15H2,1-2H3/t20-/m1/s1. The first kappa shape index (κ1) is 15.4. The number of hydrogen-bond donors (Lipinski definition) is 0. The fraction of sp³-hybridized carbons (Fsp3) is 0.200. The van der Waals surface area contributed by atoms with Crippen LogP contribution in [0.2, 0.25) is 0 Å². The second-order valence-electron chi connectivity index (χ2n) is 5.84. The van der Waals surface area contributed by atoms with Gasteiger partial charge in [-0.25, -0.2) is 0 Å². The van der Waals surface area contributed by atoms with E-state index in [1.807, 2.05) is 30.6 Å². The van der Waals surface area contributed by atoms with Gasteiger partial charge in [0.2, 0.25) is 0 Å². The number of benzene rings is 1. The normalized spacial score (nSPS) is 12.3. The molecule has 3 heteroatoms. The molecule has 3 aromatic rings. The quantitative estimate of drug-likeness (QED) is 0.713. The fourth-order valence-corrected chi connectivity index (χ4v) is 2.81. The van der Waals surface area contributed by atoms with Crippen molar-refractivity contribution >= 4 is 0 Å². The molecular formula is C20H21N3. The highest BCUT2D eigenvalue weighted by Crippen LogP contribution is 2.27. The second-order valence-corrected chi connectivity index (χ2v) is 5.84. The SMILES string of the molecule is Cc1ccc([C@H](c2ccccn2)N(C)Cc2cccnc2)cc1. The third-order valence-corrected chi connectivity index (χ3v) is 3.96. The summed E-state index contributed by atoms with van der Waals surface area (Å²) >= 11 is 0. The van der Waals surface area contributed by atoms with Gasteiger partial charge in [0.25, 0.3) is 0 Å². The Balaban J connectivity index is 1.93. The molecule has 0 unspecified atom stereocenters. The van der Waals surface area contributed by atoms with Crippen LogP contribution < -0.4 is 0 Å². The molecule has 1 aromatic carbocycles. The van der Waals surface area contributed by atoms with Gasteiger partial charge in [0.15, 0.2) is 0 Å². The van der Waals surface area contributed by atoms with Crippen molar-refractivity contribution in [2.45, 2.75) is 19.5 Å². The number of rotatable bonds is 5. The highest BCUT2D eigenvalue weighted by atomic mass is 15.1. The summed E-state index contributed by atoms with van der Waals surface area (Å²) in [5, 5.41) is 0. The summed E-state index contributed by atoms with van der Waals surface area (Å²) < 4.78 is 0. The van der Waals surface area contributed by atoms with Gasteiger partial charge in [-0.3, -0.25) is 14.9 Å². The van der Waals surface area contributed by atoms with Gasteiger partial charge < -0.3 is 0 Å². The maximum atomic E-state index is 4.58. The zero-order chi connectivity index (χ0) is 16.1. The van der Waals surface area contributed by atoms with E-state index in [0.29, 0.717) is 0 Å². The largest absolute Gasteiger partial charge is 0.290 e. The van der Waals surface area contributed by atoms with Crippen LogP contribution in [-0.4, -0.2) is 21.9 Å². The average molecular weight is 303 g/mol. The first-order valence-electron chi connectivity index (χ1n) is 7.80. The van der Waals surface area contributed by atoms with Crippen molar-refractivity contribution in [2.24, 2.45) is 0 Å². The van der Waals surface area contributed by atoms with Crippen LogP contribution in [0.4, 0.5) is 0 Å². The molecule has 116 valence electrons. The van der Waals surface area contributed by atoms with E-state index in [9.17, 15) is 0 Å². The molecule has 1 atom stereocenters. The molecule has 0 saturated heterocycles.